The normalized spacial score (nSPS) is 15.2. The number of hydrogen-bond donors (Lipinski definition) is 2. The maximum absolute atomic E-state index is 13.2. The Hall–Kier alpha value is -4.49. The van der Waals surface area contributed by atoms with E-state index in [9.17, 15) is 9.59 Å². The number of furan rings is 1. The molecule has 6 rings (SSSR count). The van der Waals surface area contributed by atoms with Crippen LogP contribution in [-0.4, -0.2) is 47.4 Å². The first-order valence-corrected chi connectivity index (χ1v) is 14.2. The number of anilines is 1. The molecular weight excluding hydrogens is 512 g/mol. The number of aromatic nitrogens is 1. The van der Waals surface area contributed by atoms with Crippen LogP contribution in [0.4, 0.5) is 5.69 Å². The standard InChI is InChI=1S/C34H34N4O3/c1-22(38-15-12-24(13-16-38)25-7-5-9-28(17-25)37-23(2)39)20-36-34(40)32-19-27-18-31(26-8-6-14-35-21-26)29-10-3-4-11-30(29)33(27)41-32/h3-11,14,17-19,21-22,24H,12-13,15-16,20H2,1-2H3,(H,36,40)(H,37,39). The van der Waals surface area contributed by atoms with Crippen LogP contribution in [0, 0.1) is 0 Å². The van der Waals surface area contributed by atoms with Gasteiger partial charge < -0.3 is 15.1 Å². The van der Waals surface area contributed by atoms with E-state index in [2.05, 4.69) is 51.7 Å². The summed E-state index contributed by atoms with van der Waals surface area (Å²) in [5, 5.41) is 8.91. The Kier molecular flexibility index (Phi) is 7.53. The van der Waals surface area contributed by atoms with Crippen LogP contribution in [0.5, 0.6) is 0 Å². The molecule has 3 aromatic carbocycles. The van der Waals surface area contributed by atoms with Gasteiger partial charge >= 0.3 is 0 Å². The van der Waals surface area contributed by atoms with Crippen LogP contribution in [0.3, 0.4) is 0 Å². The highest BCUT2D eigenvalue weighted by molar-refractivity contribution is 6.13. The van der Waals surface area contributed by atoms with E-state index in [0.29, 0.717) is 18.2 Å². The van der Waals surface area contributed by atoms with E-state index >= 15 is 0 Å². The second-order valence-electron chi connectivity index (χ2n) is 10.9. The zero-order chi connectivity index (χ0) is 28.3. The number of hydrogen-bond acceptors (Lipinski definition) is 5. The Morgan fingerprint density at radius 3 is 2.56 bits per heavy atom. The molecule has 1 atom stereocenters. The first-order chi connectivity index (χ1) is 20.0. The number of rotatable bonds is 7. The van der Waals surface area contributed by atoms with Crippen molar-refractivity contribution >= 4 is 39.2 Å². The molecule has 2 amide bonds. The molecule has 7 nitrogen and oxygen atoms in total. The highest BCUT2D eigenvalue weighted by Crippen LogP contribution is 2.36. The van der Waals surface area contributed by atoms with Crippen LogP contribution in [-0.2, 0) is 4.79 Å². The molecule has 1 saturated heterocycles. The van der Waals surface area contributed by atoms with Crippen molar-refractivity contribution in [3.05, 3.63) is 96.5 Å². The topological polar surface area (TPSA) is 87.5 Å². The summed E-state index contributed by atoms with van der Waals surface area (Å²) in [7, 11) is 0. The summed E-state index contributed by atoms with van der Waals surface area (Å²) in [5.74, 6) is 0.519. The van der Waals surface area contributed by atoms with Gasteiger partial charge in [0.25, 0.3) is 5.91 Å². The van der Waals surface area contributed by atoms with Crippen LogP contribution in [0.1, 0.15) is 48.7 Å². The fourth-order valence-corrected chi connectivity index (χ4v) is 5.95. The number of likely N-dealkylation sites (tertiary alicyclic amines) is 1. The van der Waals surface area contributed by atoms with Crippen LogP contribution >= 0.6 is 0 Å². The fourth-order valence-electron chi connectivity index (χ4n) is 5.95. The summed E-state index contributed by atoms with van der Waals surface area (Å²) < 4.78 is 6.14. The van der Waals surface area contributed by atoms with Gasteiger partial charge in [-0.25, -0.2) is 0 Å². The highest BCUT2D eigenvalue weighted by Gasteiger charge is 2.25. The number of fused-ring (bicyclic) bond motifs is 3. The Balaban J connectivity index is 1.11. The minimum absolute atomic E-state index is 0.0571. The van der Waals surface area contributed by atoms with Gasteiger partial charge in [-0.2, -0.15) is 0 Å². The first-order valence-electron chi connectivity index (χ1n) is 14.2. The van der Waals surface area contributed by atoms with Crippen LogP contribution in [0.2, 0.25) is 0 Å². The van der Waals surface area contributed by atoms with Crippen LogP contribution < -0.4 is 10.6 Å². The van der Waals surface area contributed by atoms with Gasteiger partial charge in [-0.05, 0) is 85.6 Å². The summed E-state index contributed by atoms with van der Waals surface area (Å²) in [5.41, 5.74) is 4.92. The Morgan fingerprint density at radius 2 is 1.80 bits per heavy atom. The molecule has 1 unspecified atom stereocenters. The Labute approximate surface area is 239 Å². The lowest BCUT2D eigenvalue weighted by Gasteiger charge is -2.36. The van der Waals surface area contributed by atoms with Gasteiger partial charge in [0.05, 0.1) is 0 Å². The zero-order valence-electron chi connectivity index (χ0n) is 23.4. The van der Waals surface area contributed by atoms with E-state index in [1.165, 1.54) is 12.5 Å². The van der Waals surface area contributed by atoms with Gasteiger partial charge in [-0.15, -0.1) is 0 Å². The van der Waals surface area contributed by atoms with Crippen molar-refractivity contribution in [2.75, 3.05) is 25.0 Å². The van der Waals surface area contributed by atoms with E-state index in [4.69, 9.17) is 4.42 Å². The lowest BCUT2D eigenvalue weighted by atomic mass is 9.88. The molecule has 2 aromatic heterocycles. The summed E-state index contributed by atoms with van der Waals surface area (Å²) >= 11 is 0. The number of carbonyl (C=O) groups is 2. The van der Waals surface area contributed by atoms with E-state index < -0.39 is 0 Å². The Bertz CT molecular complexity index is 1700. The molecule has 0 aliphatic carbocycles. The number of nitrogens with one attached hydrogen (secondary N) is 2. The van der Waals surface area contributed by atoms with Crippen LogP contribution in [0.25, 0.3) is 32.9 Å². The molecule has 1 aliphatic heterocycles. The number of nitrogens with zero attached hydrogens (tertiary/aromatic N) is 2. The smallest absolute Gasteiger partial charge is 0.287 e. The van der Waals surface area contributed by atoms with Gasteiger partial charge in [0, 0.05) is 53.9 Å². The maximum atomic E-state index is 13.2. The predicted octanol–water partition coefficient (Wildman–Crippen LogP) is 6.60. The number of pyridine rings is 1. The van der Waals surface area contributed by atoms with E-state index in [1.54, 1.807) is 6.20 Å². The van der Waals surface area contributed by atoms with Crippen molar-refractivity contribution in [2.45, 2.75) is 38.6 Å². The molecule has 1 fully saturated rings. The molecule has 0 spiro atoms. The van der Waals surface area contributed by atoms with Crippen molar-refractivity contribution in [2.24, 2.45) is 0 Å². The minimum Gasteiger partial charge on any atom is -0.450 e. The third-order valence-corrected chi connectivity index (χ3v) is 8.11. The summed E-state index contributed by atoms with van der Waals surface area (Å²) in [4.78, 5) is 31.3. The summed E-state index contributed by atoms with van der Waals surface area (Å²) in [6, 6.07) is 24.4. The second kappa shape index (κ2) is 11.6. The average Bonchev–Trinajstić information content (AvgIpc) is 3.44. The molecule has 41 heavy (non-hydrogen) atoms. The molecule has 3 heterocycles. The second-order valence-corrected chi connectivity index (χ2v) is 10.9. The fraction of sp³-hybridized carbons (Fsp3) is 0.265. The molecule has 0 saturated carbocycles. The van der Waals surface area contributed by atoms with E-state index in [0.717, 1.165) is 64.5 Å². The lowest BCUT2D eigenvalue weighted by Crippen LogP contribution is -2.45. The predicted molar refractivity (Wildman–Crippen MR) is 163 cm³/mol. The third-order valence-electron chi connectivity index (χ3n) is 8.11. The van der Waals surface area contributed by atoms with Crippen molar-refractivity contribution in [3.63, 3.8) is 0 Å². The molecule has 7 heteroatoms. The first kappa shape index (κ1) is 26.7. The zero-order valence-corrected chi connectivity index (χ0v) is 23.4. The minimum atomic E-state index is -0.204. The van der Waals surface area contributed by atoms with Gasteiger partial charge in [0.2, 0.25) is 5.91 Å². The van der Waals surface area contributed by atoms with E-state index in [1.807, 2.05) is 54.7 Å². The lowest BCUT2D eigenvalue weighted by molar-refractivity contribution is -0.114. The monoisotopic (exact) mass is 546 g/mol. The SMILES string of the molecule is CC(=O)Nc1cccc(C2CCN(C(C)CNC(=O)c3cc4cc(-c5cccnc5)c5ccccc5c4o3)CC2)c1. The average molecular weight is 547 g/mol. The van der Waals surface area contributed by atoms with Crippen molar-refractivity contribution in [3.8, 4) is 11.1 Å². The number of amides is 2. The number of piperidine rings is 1. The third kappa shape index (κ3) is 5.72. The maximum Gasteiger partial charge on any atom is 0.287 e. The quantitative estimate of drug-likeness (QED) is 0.240. The molecule has 0 bridgehead atoms. The Morgan fingerprint density at radius 1 is 1.00 bits per heavy atom. The van der Waals surface area contributed by atoms with Gasteiger partial charge in [-0.3, -0.25) is 19.5 Å². The molecular formula is C34H34N4O3. The largest absolute Gasteiger partial charge is 0.450 e. The summed E-state index contributed by atoms with van der Waals surface area (Å²) in [6.45, 7) is 6.14. The molecule has 208 valence electrons. The highest BCUT2D eigenvalue weighted by atomic mass is 16.3. The number of carbonyl (C=O) groups excluding carboxylic acids is 2. The van der Waals surface area contributed by atoms with Crippen molar-refractivity contribution < 1.29 is 14.0 Å². The van der Waals surface area contributed by atoms with Gasteiger partial charge in [0.15, 0.2) is 5.76 Å². The van der Waals surface area contributed by atoms with Crippen molar-refractivity contribution in [1.82, 2.24) is 15.2 Å². The van der Waals surface area contributed by atoms with E-state index in [-0.39, 0.29) is 17.9 Å². The van der Waals surface area contributed by atoms with Crippen molar-refractivity contribution in [1.29, 1.82) is 0 Å². The van der Waals surface area contributed by atoms with Crippen LogP contribution in [0.15, 0.2) is 89.6 Å². The molecule has 5 aromatic rings. The molecule has 1 aliphatic rings. The molecule has 0 radical (unpaired) electrons. The van der Waals surface area contributed by atoms with Gasteiger partial charge in [0.1, 0.15) is 5.58 Å². The summed E-state index contributed by atoms with van der Waals surface area (Å²) in [6.07, 6.45) is 5.70. The van der Waals surface area contributed by atoms with Gasteiger partial charge in [-0.1, -0.05) is 42.5 Å². The molecule has 2 N–H and O–H groups in total. The number of benzene rings is 3.